The Morgan fingerprint density at radius 1 is 1.12 bits per heavy atom. The molecule has 2 aromatic rings. The SMILES string of the molecule is Cc1cccc2c1NC(C(=O)NCCc1ccccc1N1CCC(CCN(C)C)CC1)C2. The fraction of sp³-hybridized carbons (Fsp3) is 0.519. The fourth-order valence-electron chi connectivity index (χ4n) is 5.09. The highest BCUT2D eigenvalue weighted by molar-refractivity contribution is 5.87. The molecule has 2 aliphatic heterocycles. The van der Waals surface area contributed by atoms with Crippen molar-refractivity contribution in [1.29, 1.82) is 0 Å². The molecule has 5 nitrogen and oxygen atoms in total. The van der Waals surface area contributed by atoms with Gasteiger partial charge in [0.1, 0.15) is 6.04 Å². The minimum absolute atomic E-state index is 0.0970. The molecule has 172 valence electrons. The molecule has 2 heterocycles. The second-order valence-corrected chi connectivity index (χ2v) is 9.70. The first-order valence-electron chi connectivity index (χ1n) is 12.1. The molecule has 2 aromatic carbocycles. The quantitative estimate of drug-likeness (QED) is 0.662. The van der Waals surface area contributed by atoms with Gasteiger partial charge in [0.05, 0.1) is 0 Å². The molecule has 2 aliphatic rings. The largest absolute Gasteiger partial charge is 0.373 e. The number of nitrogens with one attached hydrogen (secondary N) is 2. The van der Waals surface area contributed by atoms with Gasteiger partial charge < -0.3 is 20.4 Å². The molecular weight excluding hydrogens is 396 g/mol. The lowest BCUT2D eigenvalue weighted by atomic mass is 9.92. The van der Waals surface area contributed by atoms with Crippen LogP contribution in [0.25, 0.3) is 0 Å². The van der Waals surface area contributed by atoms with Gasteiger partial charge in [0, 0.05) is 37.4 Å². The van der Waals surface area contributed by atoms with E-state index in [0.717, 1.165) is 37.5 Å². The summed E-state index contributed by atoms with van der Waals surface area (Å²) in [5.41, 5.74) is 6.25. The van der Waals surface area contributed by atoms with Gasteiger partial charge in [0.2, 0.25) is 5.91 Å². The van der Waals surface area contributed by atoms with Crippen molar-refractivity contribution >= 4 is 17.3 Å². The zero-order valence-corrected chi connectivity index (χ0v) is 19.9. The Morgan fingerprint density at radius 2 is 1.91 bits per heavy atom. The van der Waals surface area contributed by atoms with Crippen molar-refractivity contribution < 1.29 is 4.79 Å². The van der Waals surface area contributed by atoms with E-state index in [2.05, 4.69) is 83.9 Å². The number of hydrogen-bond donors (Lipinski definition) is 2. The van der Waals surface area contributed by atoms with E-state index in [1.54, 1.807) is 0 Å². The number of hydrogen-bond acceptors (Lipinski definition) is 4. The second-order valence-electron chi connectivity index (χ2n) is 9.70. The molecule has 32 heavy (non-hydrogen) atoms. The number of carbonyl (C=O) groups excluding carboxylic acids is 1. The van der Waals surface area contributed by atoms with Gasteiger partial charge in [-0.3, -0.25) is 4.79 Å². The highest BCUT2D eigenvalue weighted by Crippen LogP contribution is 2.30. The van der Waals surface area contributed by atoms with Gasteiger partial charge in [-0.05, 0) is 81.9 Å². The molecule has 1 unspecified atom stereocenters. The first-order chi connectivity index (χ1) is 15.5. The zero-order valence-electron chi connectivity index (χ0n) is 19.9. The van der Waals surface area contributed by atoms with Gasteiger partial charge in [0.15, 0.2) is 0 Å². The summed E-state index contributed by atoms with van der Waals surface area (Å²) >= 11 is 0. The predicted octanol–water partition coefficient (Wildman–Crippen LogP) is 3.86. The molecule has 0 aliphatic carbocycles. The molecule has 1 atom stereocenters. The van der Waals surface area contributed by atoms with Crippen LogP contribution in [0.15, 0.2) is 42.5 Å². The van der Waals surface area contributed by atoms with Crippen LogP contribution in [0, 0.1) is 12.8 Å². The van der Waals surface area contributed by atoms with Crippen molar-refractivity contribution in [3.63, 3.8) is 0 Å². The van der Waals surface area contributed by atoms with Gasteiger partial charge in [-0.15, -0.1) is 0 Å². The van der Waals surface area contributed by atoms with Gasteiger partial charge in [-0.25, -0.2) is 0 Å². The van der Waals surface area contributed by atoms with Crippen LogP contribution in [0.4, 0.5) is 11.4 Å². The number of amides is 1. The number of aryl methyl sites for hydroxylation is 1. The van der Waals surface area contributed by atoms with Crippen LogP contribution in [-0.2, 0) is 17.6 Å². The smallest absolute Gasteiger partial charge is 0.242 e. The lowest BCUT2D eigenvalue weighted by Crippen LogP contribution is -2.39. The number of fused-ring (bicyclic) bond motifs is 1. The van der Waals surface area contributed by atoms with Crippen LogP contribution < -0.4 is 15.5 Å². The number of nitrogens with zero attached hydrogens (tertiary/aromatic N) is 2. The van der Waals surface area contributed by atoms with E-state index >= 15 is 0 Å². The average Bonchev–Trinajstić information content (AvgIpc) is 3.24. The third-order valence-electron chi connectivity index (χ3n) is 7.04. The van der Waals surface area contributed by atoms with Crippen LogP contribution in [0.2, 0.25) is 0 Å². The topological polar surface area (TPSA) is 47.6 Å². The standard InChI is InChI=1S/C27H38N4O/c1-20-7-6-9-23-19-24(29-26(20)23)27(32)28-15-11-22-8-4-5-10-25(22)31-17-13-21(14-18-31)12-16-30(2)3/h4-10,21,24,29H,11-19H2,1-3H3,(H,28,32). The molecule has 1 amide bonds. The number of para-hydroxylation sites is 2. The zero-order chi connectivity index (χ0) is 22.5. The molecule has 2 N–H and O–H groups in total. The first kappa shape index (κ1) is 22.7. The molecule has 0 aromatic heterocycles. The average molecular weight is 435 g/mol. The molecule has 1 saturated heterocycles. The van der Waals surface area contributed by atoms with E-state index in [1.165, 1.54) is 48.2 Å². The van der Waals surface area contributed by atoms with Crippen LogP contribution in [0.3, 0.4) is 0 Å². The Balaban J connectivity index is 1.27. The highest BCUT2D eigenvalue weighted by Gasteiger charge is 2.27. The number of anilines is 2. The van der Waals surface area contributed by atoms with Gasteiger partial charge >= 0.3 is 0 Å². The summed E-state index contributed by atoms with van der Waals surface area (Å²) in [5, 5.41) is 6.58. The van der Waals surface area contributed by atoms with Crippen molar-refractivity contribution in [3.05, 3.63) is 59.2 Å². The molecule has 5 heteroatoms. The third kappa shape index (κ3) is 5.44. The number of rotatable bonds is 8. The molecule has 0 bridgehead atoms. The number of benzene rings is 2. The summed E-state index contributed by atoms with van der Waals surface area (Å²) in [6.07, 6.45) is 5.47. The Labute approximate surface area is 193 Å². The Hall–Kier alpha value is -2.53. The van der Waals surface area contributed by atoms with Crippen molar-refractivity contribution in [2.24, 2.45) is 5.92 Å². The summed E-state index contributed by atoms with van der Waals surface area (Å²) in [5.74, 6) is 0.937. The van der Waals surface area contributed by atoms with Gasteiger partial charge in [-0.1, -0.05) is 36.4 Å². The normalized spacial score (nSPS) is 18.5. The number of piperidine rings is 1. The lowest BCUT2D eigenvalue weighted by Gasteiger charge is -2.35. The lowest BCUT2D eigenvalue weighted by molar-refractivity contribution is -0.121. The molecule has 4 rings (SSSR count). The summed E-state index contributed by atoms with van der Waals surface area (Å²) in [7, 11) is 4.32. The summed E-state index contributed by atoms with van der Waals surface area (Å²) in [6.45, 7) is 6.20. The minimum atomic E-state index is -0.164. The van der Waals surface area contributed by atoms with Crippen LogP contribution in [0.5, 0.6) is 0 Å². The van der Waals surface area contributed by atoms with Gasteiger partial charge in [0.25, 0.3) is 0 Å². The van der Waals surface area contributed by atoms with Crippen molar-refractivity contribution in [3.8, 4) is 0 Å². The highest BCUT2D eigenvalue weighted by atomic mass is 16.2. The molecular formula is C27H38N4O. The second kappa shape index (κ2) is 10.4. The molecule has 0 radical (unpaired) electrons. The Morgan fingerprint density at radius 3 is 2.66 bits per heavy atom. The predicted molar refractivity (Wildman–Crippen MR) is 134 cm³/mol. The van der Waals surface area contributed by atoms with E-state index < -0.39 is 0 Å². The van der Waals surface area contributed by atoms with E-state index in [0.29, 0.717) is 6.54 Å². The monoisotopic (exact) mass is 434 g/mol. The van der Waals surface area contributed by atoms with Crippen molar-refractivity contribution in [1.82, 2.24) is 10.2 Å². The maximum Gasteiger partial charge on any atom is 0.242 e. The number of carbonyl (C=O) groups is 1. The Kier molecular flexibility index (Phi) is 7.36. The summed E-state index contributed by atoms with van der Waals surface area (Å²) in [6, 6.07) is 14.8. The summed E-state index contributed by atoms with van der Waals surface area (Å²) < 4.78 is 0. The Bertz CT molecular complexity index is 918. The van der Waals surface area contributed by atoms with E-state index in [1.807, 2.05) is 0 Å². The van der Waals surface area contributed by atoms with Crippen LogP contribution >= 0.6 is 0 Å². The van der Waals surface area contributed by atoms with Gasteiger partial charge in [-0.2, -0.15) is 0 Å². The maximum atomic E-state index is 12.8. The minimum Gasteiger partial charge on any atom is -0.373 e. The molecule has 1 fully saturated rings. The molecule has 0 spiro atoms. The van der Waals surface area contributed by atoms with Crippen LogP contribution in [-0.4, -0.2) is 57.1 Å². The van der Waals surface area contributed by atoms with Crippen LogP contribution in [0.1, 0.15) is 36.0 Å². The maximum absolute atomic E-state index is 12.8. The third-order valence-corrected chi connectivity index (χ3v) is 7.04. The van der Waals surface area contributed by atoms with E-state index in [4.69, 9.17) is 0 Å². The van der Waals surface area contributed by atoms with Crippen molar-refractivity contribution in [2.75, 3.05) is 50.5 Å². The molecule has 0 saturated carbocycles. The first-order valence-corrected chi connectivity index (χ1v) is 12.1. The summed E-state index contributed by atoms with van der Waals surface area (Å²) in [4.78, 5) is 17.6. The van der Waals surface area contributed by atoms with E-state index in [-0.39, 0.29) is 11.9 Å². The fourth-order valence-corrected chi connectivity index (χ4v) is 5.09. The van der Waals surface area contributed by atoms with E-state index in [9.17, 15) is 4.79 Å². The van der Waals surface area contributed by atoms with Crippen molar-refractivity contribution in [2.45, 2.75) is 45.1 Å².